The standard InChI is InChI=1S/C11H16ClNO2S/c1-13(7-8-16(2,14)15)11-6-4-3-5-10(11)9-12/h3-6H,7-9H2,1-2H3. The Labute approximate surface area is 102 Å². The molecule has 16 heavy (non-hydrogen) atoms. The predicted molar refractivity (Wildman–Crippen MR) is 69.0 cm³/mol. The number of hydrogen-bond acceptors (Lipinski definition) is 3. The summed E-state index contributed by atoms with van der Waals surface area (Å²) in [5.41, 5.74) is 2.00. The van der Waals surface area contributed by atoms with Gasteiger partial charge in [0, 0.05) is 31.4 Å². The van der Waals surface area contributed by atoms with Crippen LogP contribution in [-0.2, 0) is 15.7 Å². The number of halogens is 1. The highest BCUT2D eigenvalue weighted by molar-refractivity contribution is 7.90. The van der Waals surface area contributed by atoms with Crippen LogP contribution in [0.5, 0.6) is 0 Å². The number of nitrogens with zero attached hydrogens (tertiary/aromatic N) is 1. The van der Waals surface area contributed by atoms with Crippen molar-refractivity contribution in [3.8, 4) is 0 Å². The molecule has 0 heterocycles. The van der Waals surface area contributed by atoms with E-state index in [0.717, 1.165) is 11.3 Å². The minimum atomic E-state index is -2.92. The number of alkyl halides is 1. The fraction of sp³-hybridized carbons (Fsp3) is 0.455. The van der Waals surface area contributed by atoms with E-state index in [1.54, 1.807) is 0 Å². The molecule has 0 spiro atoms. The Bertz CT molecular complexity index is 445. The van der Waals surface area contributed by atoms with Gasteiger partial charge in [-0.1, -0.05) is 18.2 Å². The molecule has 1 rings (SSSR count). The molecule has 0 saturated heterocycles. The van der Waals surface area contributed by atoms with Gasteiger partial charge in [0.25, 0.3) is 0 Å². The van der Waals surface area contributed by atoms with E-state index in [-0.39, 0.29) is 5.75 Å². The average molecular weight is 262 g/mol. The molecular formula is C11H16ClNO2S. The number of sulfone groups is 1. The van der Waals surface area contributed by atoms with Crippen molar-refractivity contribution < 1.29 is 8.42 Å². The van der Waals surface area contributed by atoms with Gasteiger partial charge in [-0.2, -0.15) is 0 Å². The van der Waals surface area contributed by atoms with E-state index in [9.17, 15) is 8.42 Å². The number of anilines is 1. The second kappa shape index (κ2) is 5.55. The summed E-state index contributed by atoms with van der Waals surface area (Å²) in [6.07, 6.45) is 1.24. The minimum Gasteiger partial charge on any atom is -0.373 e. The Hall–Kier alpha value is -0.740. The van der Waals surface area contributed by atoms with Gasteiger partial charge in [-0.05, 0) is 11.6 Å². The SMILES string of the molecule is CN(CCS(C)(=O)=O)c1ccccc1CCl. The Morgan fingerprint density at radius 3 is 2.50 bits per heavy atom. The molecule has 0 aromatic heterocycles. The Morgan fingerprint density at radius 2 is 1.94 bits per heavy atom. The molecule has 0 bridgehead atoms. The van der Waals surface area contributed by atoms with Crippen LogP contribution < -0.4 is 4.90 Å². The fourth-order valence-corrected chi connectivity index (χ4v) is 2.25. The molecule has 5 heteroatoms. The Balaban J connectivity index is 2.76. The van der Waals surface area contributed by atoms with E-state index in [0.29, 0.717) is 12.4 Å². The second-order valence-electron chi connectivity index (χ2n) is 3.81. The lowest BCUT2D eigenvalue weighted by Gasteiger charge is -2.21. The average Bonchev–Trinajstić information content (AvgIpc) is 2.25. The third kappa shape index (κ3) is 4.02. The smallest absolute Gasteiger partial charge is 0.149 e. The summed E-state index contributed by atoms with van der Waals surface area (Å²) >= 11 is 5.82. The van der Waals surface area contributed by atoms with Crippen LogP contribution in [0.1, 0.15) is 5.56 Å². The molecule has 0 N–H and O–H groups in total. The highest BCUT2D eigenvalue weighted by Crippen LogP contribution is 2.20. The Kier molecular flexibility index (Phi) is 4.62. The zero-order valence-corrected chi connectivity index (χ0v) is 11.1. The first-order chi connectivity index (χ1) is 7.44. The Morgan fingerprint density at radius 1 is 1.31 bits per heavy atom. The molecular weight excluding hydrogens is 246 g/mol. The normalized spacial score (nSPS) is 11.4. The maximum absolute atomic E-state index is 11.1. The first kappa shape index (κ1) is 13.3. The molecule has 0 aliphatic heterocycles. The van der Waals surface area contributed by atoms with Gasteiger partial charge in [-0.3, -0.25) is 0 Å². The number of hydrogen-bond donors (Lipinski definition) is 0. The van der Waals surface area contributed by atoms with Gasteiger partial charge in [0.05, 0.1) is 5.75 Å². The van der Waals surface area contributed by atoms with Crippen molar-refractivity contribution >= 4 is 27.1 Å². The highest BCUT2D eigenvalue weighted by atomic mass is 35.5. The van der Waals surface area contributed by atoms with Crippen molar-refractivity contribution in [3.05, 3.63) is 29.8 Å². The van der Waals surface area contributed by atoms with Crippen LogP contribution in [-0.4, -0.2) is 34.0 Å². The van der Waals surface area contributed by atoms with Crippen LogP contribution >= 0.6 is 11.6 Å². The lowest BCUT2D eigenvalue weighted by atomic mass is 10.2. The summed E-state index contributed by atoms with van der Waals surface area (Å²) in [5, 5.41) is 0. The maximum atomic E-state index is 11.1. The van der Waals surface area contributed by atoms with E-state index in [2.05, 4.69) is 0 Å². The molecule has 0 amide bonds. The summed E-state index contributed by atoms with van der Waals surface area (Å²) in [4.78, 5) is 1.92. The topological polar surface area (TPSA) is 37.4 Å². The van der Waals surface area contributed by atoms with E-state index >= 15 is 0 Å². The van der Waals surface area contributed by atoms with E-state index < -0.39 is 9.84 Å². The zero-order chi connectivity index (χ0) is 12.2. The van der Waals surface area contributed by atoms with E-state index in [1.165, 1.54) is 6.26 Å². The van der Waals surface area contributed by atoms with Crippen LogP contribution in [0.3, 0.4) is 0 Å². The van der Waals surface area contributed by atoms with Gasteiger partial charge in [0.15, 0.2) is 0 Å². The van der Waals surface area contributed by atoms with Crippen LogP contribution in [0.15, 0.2) is 24.3 Å². The maximum Gasteiger partial charge on any atom is 0.149 e. The largest absolute Gasteiger partial charge is 0.373 e. The molecule has 1 aromatic carbocycles. The van der Waals surface area contributed by atoms with Crippen molar-refractivity contribution in [1.82, 2.24) is 0 Å². The van der Waals surface area contributed by atoms with Crippen LogP contribution in [0.2, 0.25) is 0 Å². The number of para-hydroxylation sites is 1. The molecule has 0 aliphatic carbocycles. The van der Waals surface area contributed by atoms with Gasteiger partial charge in [0.2, 0.25) is 0 Å². The second-order valence-corrected chi connectivity index (χ2v) is 6.34. The van der Waals surface area contributed by atoms with Gasteiger partial charge in [-0.15, -0.1) is 11.6 Å². The predicted octanol–water partition coefficient (Wildman–Crippen LogP) is 1.91. The monoisotopic (exact) mass is 261 g/mol. The van der Waals surface area contributed by atoms with Gasteiger partial charge < -0.3 is 4.90 Å². The summed E-state index contributed by atoms with van der Waals surface area (Å²) in [6.45, 7) is 0.479. The first-order valence-electron chi connectivity index (χ1n) is 4.97. The quantitative estimate of drug-likeness (QED) is 0.760. The summed E-state index contributed by atoms with van der Waals surface area (Å²) in [7, 11) is -1.05. The minimum absolute atomic E-state index is 0.153. The molecule has 90 valence electrons. The molecule has 3 nitrogen and oxygen atoms in total. The number of rotatable bonds is 5. The summed E-state index contributed by atoms with van der Waals surface area (Å²) < 4.78 is 22.1. The van der Waals surface area contributed by atoms with Crippen molar-refractivity contribution in [2.75, 3.05) is 30.5 Å². The summed E-state index contributed by atoms with van der Waals surface area (Å²) in [5.74, 6) is 0.583. The number of benzene rings is 1. The zero-order valence-electron chi connectivity index (χ0n) is 9.48. The van der Waals surface area contributed by atoms with Crippen molar-refractivity contribution in [1.29, 1.82) is 0 Å². The fourth-order valence-electron chi connectivity index (χ4n) is 1.42. The van der Waals surface area contributed by atoms with Crippen LogP contribution in [0, 0.1) is 0 Å². The lowest BCUT2D eigenvalue weighted by molar-refractivity contribution is 0.601. The first-order valence-corrected chi connectivity index (χ1v) is 7.56. The molecule has 0 saturated carbocycles. The molecule has 0 radical (unpaired) electrons. The van der Waals surface area contributed by atoms with Crippen molar-refractivity contribution in [3.63, 3.8) is 0 Å². The molecule has 0 fully saturated rings. The van der Waals surface area contributed by atoms with E-state index in [1.807, 2.05) is 36.2 Å². The summed E-state index contributed by atoms with van der Waals surface area (Å²) in [6, 6.07) is 7.73. The molecule has 0 aliphatic rings. The van der Waals surface area contributed by atoms with Gasteiger partial charge in [0.1, 0.15) is 9.84 Å². The van der Waals surface area contributed by atoms with Gasteiger partial charge in [-0.25, -0.2) is 8.42 Å². The highest BCUT2D eigenvalue weighted by Gasteiger charge is 2.09. The van der Waals surface area contributed by atoms with Crippen LogP contribution in [0.4, 0.5) is 5.69 Å². The van der Waals surface area contributed by atoms with Crippen molar-refractivity contribution in [2.24, 2.45) is 0 Å². The van der Waals surface area contributed by atoms with Crippen molar-refractivity contribution in [2.45, 2.75) is 5.88 Å². The van der Waals surface area contributed by atoms with E-state index in [4.69, 9.17) is 11.6 Å². The third-order valence-corrected chi connectivity index (χ3v) is 3.56. The third-order valence-electron chi connectivity index (χ3n) is 2.34. The molecule has 1 aromatic rings. The molecule has 0 atom stereocenters. The van der Waals surface area contributed by atoms with Crippen LogP contribution in [0.25, 0.3) is 0 Å². The molecule has 0 unspecified atom stereocenters. The lowest BCUT2D eigenvalue weighted by Crippen LogP contribution is -2.25. The van der Waals surface area contributed by atoms with Gasteiger partial charge >= 0.3 is 0 Å².